The number of nitro groups is 1. The topological polar surface area (TPSA) is 143 Å². The van der Waals surface area contributed by atoms with Crippen LogP contribution in [0.25, 0.3) is 0 Å². The molecule has 0 saturated heterocycles. The minimum atomic E-state index is -0.614. The molecular formula is C14H18N8O3. The molecule has 2 aromatic heterocycles. The lowest BCUT2D eigenvalue weighted by molar-refractivity contribution is -0.402. The zero-order valence-electron chi connectivity index (χ0n) is 13.6. The number of nitrogens with zero attached hydrogens (tertiary/aromatic N) is 5. The summed E-state index contributed by atoms with van der Waals surface area (Å²) in [5.41, 5.74) is 2.67. The van der Waals surface area contributed by atoms with Crippen LogP contribution >= 0.6 is 0 Å². The van der Waals surface area contributed by atoms with Gasteiger partial charge in [0, 0.05) is 13.1 Å². The van der Waals surface area contributed by atoms with Crippen LogP contribution in [-0.2, 0) is 0 Å². The first kappa shape index (κ1) is 16.6. The van der Waals surface area contributed by atoms with E-state index in [4.69, 9.17) is 4.42 Å². The Morgan fingerprint density at radius 3 is 2.64 bits per heavy atom. The van der Waals surface area contributed by atoms with E-state index in [0.29, 0.717) is 17.9 Å². The Labute approximate surface area is 143 Å². The van der Waals surface area contributed by atoms with Gasteiger partial charge in [0.1, 0.15) is 4.92 Å². The van der Waals surface area contributed by atoms with Crippen LogP contribution in [0.1, 0.15) is 31.4 Å². The number of hydrogen-bond donors (Lipinski definition) is 3. The number of nitrogens with one attached hydrogen (secondary N) is 3. The first-order chi connectivity index (χ1) is 12.1. The molecule has 0 aromatic carbocycles. The molecule has 1 saturated carbocycles. The van der Waals surface area contributed by atoms with Gasteiger partial charge in [0.25, 0.3) is 0 Å². The molecule has 0 radical (unpaired) electrons. The summed E-state index contributed by atoms with van der Waals surface area (Å²) in [4.78, 5) is 22.7. The monoisotopic (exact) mass is 346 g/mol. The fraction of sp³-hybridized carbons (Fsp3) is 0.429. The van der Waals surface area contributed by atoms with E-state index in [1.165, 1.54) is 31.2 Å². The van der Waals surface area contributed by atoms with Crippen LogP contribution in [0, 0.1) is 10.1 Å². The Kier molecular flexibility index (Phi) is 5.02. The summed E-state index contributed by atoms with van der Waals surface area (Å²) >= 11 is 0. The standard InChI is InChI=1S/C14H18N8O3/c1-15-12-18-13(17-9-4-2-3-5-9)20-14(19-12)21-16-8-10-6-7-11(25-10)22(23)24/h6-9H,2-5H2,1H3,(H3,15,17,18,19,20,21)/b16-8+. The van der Waals surface area contributed by atoms with Gasteiger partial charge in [-0.25, -0.2) is 5.43 Å². The predicted octanol–water partition coefficient (Wildman–Crippen LogP) is 2.21. The molecule has 0 spiro atoms. The van der Waals surface area contributed by atoms with Crippen molar-refractivity contribution in [1.82, 2.24) is 15.0 Å². The van der Waals surface area contributed by atoms with Crippen molar-refractivity contribution in [2.45, 2.75) is 31.7 Å². The summed E-state index contributed by atoms with van der Waals surface area (Å²) in [5.74, 6) is 1.02. The van der Waals surface area contributed by atoms with Crippen LogP contribution in [0.3, 0.4) is 0 Å². The lowest BCUT2D eigenvalue weighted by atomic mass is 10.3. The van der Waals surface area contributed by atoms with Crippen molar-refractivity contribution in [3.8, 4) is 0 Å². The average Bonchev–Trinajstić information content (AvgIpc) is 3.26. The van der Waals surface area contributed by atoms with Crippen molar-refractivity contribution in [1.29, 1.82) is 0 Å². The Balaban J connectivity index is 1.67. The molecule has 1 aliphatic rings. The van der Waals surface area contributed by atoms with Crippen LogP contribution in [0.15, 0.2) is 21.7 Å². The molecule has 1 aliphatic carbocycles. The quantitative estimate of drug-likeness (QED) is 0.390. The van der Waals surface area contributed by atoms with E-state index in [-0.39, 0.29) is 17.6 Å². The summed E-state index contributed by atoms with van der Waals surface area (Å²) in [5, 5.41) is 20.7. The van der Waals surface area contributed by atoms with E-state index < -0.39 is 4.92 Å². The highest BCUT2D eigenvalue weighted by atomic mass is 16.6. The highest BCUT2D eigenvalue weighted by molar-refractivity contribution is 5.76. The lowest BCUT2D eigenvalue weighted by Crippen LogP contribution is -2.18. The highest BCUT2D eigenvalue weighted by Gasteiger charge is 2.16. The van der Waals surface area contributed by atoms with Crippen LogP contribution < -0.4 is 16.1 Å². The molecule has 132 valence electrons. The van der Waals surface area contributed by atoms with Crippen LogP contribution in [0.2, 0.25) is 0 Å². The number of hydrazone groups is 1. The summed E-state index contributed by atoms with van der Waals surface area (Å²) in [6.07, 6.45) is 5.90. The lowest BCUT2D eigenvalue weighted by Gasteiger charge is -2.12. The second-order valence-electron chi connectivity index (χ2n) is 5.49. The van der Waals surface area contributed by atoms with Gasteiger partial charge >= 0.3 is 5.88 Å². The van der Waals surface area contributed by atoms with E-state index in [9.17, 15) is 10.1 Å². The van der Waals surface area contributed by atoms with Gasteiger partial charge in [0.2, 0.25) is 17.8 Å². The molecule has 0 unspecified atom stereocenters. The van der Waals surface area contributed by atoms with Gasteiger partial charge in [-0.1, -0.05) is 12.8 Å². The first-order valence-corrected chi connectivity index (χ1v) is 7.87. The largest absolute Gasteiger partial charge is 0.433 e. The third kappa shape index (κ3) is 4.40. The fourth-order valence-corrected chi connectivity index (χ4v) is 2.52. The van der Waals surface area contributed by atoms with Crippen molar-refractivity contribution in [2.24, 2.45) is 5.10 Å². The average molecular weight is 346 g/mol. The van der Waals surface area contributed by atoms with Crippen molar-refractivity contribution in [2.75, 3.05) is 23.1 Å². The zero-order chi connectivity index (χ0) is 17.6. The SMILES string of the molecule is CNc1nc(N/N=C/c2ccc([N+](=O)[O-])o2)nc(NC2CCCC2)n1. The normalized spacial score (nSPS) is 14.8. The summed E-state index contributed by atoms with van der Waals surface area (Å²) in [7, 11) is 1.71. The van der Waals surface area contributed by atoms with Gasteiger partial charge in [0.15, 0.2) is 5.76 Å². The summed E-state index contributed by atoms with van der Waals surface area (Å²) < 4.78 is 4.97. The number of hydrogen-bond acceptors (Lipinski definition) is 10. The summed E-state index contributed by atoms with van der Waals surface area (Å²) in [6.45, 7) is 0. The molecule has 3 rings (SSSR count). The number of furan rings is 1. The molecule has 2 heterocycles. The van der Waals surface area contributed by atoms with Gasteiger partial charge in [-0.15, -0.1) is 0 Å². The molecule has 0 amide bonds. The Hall–Kier alpha value is -3.24. The fourth-order valence-electron chi connectivity index (χ4n) is 2.52. The zero-order valence-corrected chi connectivity index (χ0v) is 13.6. The molecule has 3 N–H and O–H groups in total. The summed E-state index contributed by atoms with van der Waals surface area (Å²) in [6, 6.07) is 3.07. The second kappa shape index (κ2) is 7.55. The molecular weight excluding hydrogens is 328 g/mol. The first-order valence-electron chi connectivity index (χ1n) is 7.87. The van der Waals surface area contributed by atoms with Crippen molar-refractivity contribution < 1.29 is 9.34 Å². The Morgan fingerprint density at radius 1 is 1.24 bits per heavy atom. The van der Waals surface area contributed by atoms with E-state index in [1.807, 2.05) is 0 Å². The highest BCUT2D eigenvalue weighted by Crippen LogP contribution is 2.21. The molecule has 0 aliphatic heterocycles. The maximum absolute atomic E-state index is 10.6. The van der Waals surface area contributed by atoms with Gasteiger partial charge in [-0.3, -0.25) is 10.1 Å². The van der Waals surface area contributed by atoms with E-state index in [2.05, 4.69) is 36.1 Å². The molecule has 11 heteroatoms. The van der Waals surface area contributed by atoms with Crippen LogP contribution in [-0.4, -0.2) is 39.2 Å². The maximum Gasteiger partial charge on any atom is 0.433 e. The molecule has 0 atom stereocenters. The van der Waals surface area contributed by atoms with Crippen LogP contribution in [0.4, 0.5) is 23.7 Å². The number of aromatic nitrogens is 3. The minimum Gasteiger partial charge on any atom is -0.400 e. The third-order valence-corrected chi connectivity index (χ3v) is 3.70. The van der Waals surface area contributed by atoms with Crippen molar-refractivity contribution in [3.05, 3.63) is 28.0 Å². The molecule has 11 nitrogen and oxygen atoms in total. The minimum absolute atomic E-state index is 0.242. The molecule has 1 fully saturated rings. The van der Waals surface area contributed by atoms with Gasteiger partial charge in [0.05, 0.1) is 12.3 Å². The van der Waals surface area contributed by atoms with E-state index in [0.717, 1.165) is 12.8 Å². The maximum atomic E-state index is 10.6. The number of anilines is 3. The smallest absolute Gasteiger partial charge is 0.400 e. The molecule has 2 aromatic rings. The van der Waals surface area contributed by atoms with Crippen molar-refractivity contribution in [3.63, 3.8) is 0 Å². The van der Waals surface area contributed by atoms with E-state index in [1.54, 1.807) is 7.05 Å². The van der Waals surface area contributed by atoms with Gasteiger partial charge in [-0.2, -0.15) is 20.1 Å². The Bertz CT molecular complexity index is 769. The number of rotatable bonds is 7. The van der Waals surface area contributed by atoms with Gasteiger partial charge in [-0.05, 0) is 18.9 Å². The van der Waals surface area contributed by atoms with Crippen LogP contribution in [0.5, 0.6) is 0 Å². The second-order valence-corrected chi connectivity index (χ2v) is 5.49. The molecule has 25 heavy (non-hydrogen) atoms. The molecule has 0 bridgehead atoms. The van der Waals surface area contributed by atoms with Gasteiger partial charge < -0.3 is 15.1 Å². The predicted molar refractivity (Wildman–Crippen MR) is 91.8 cm³/mol. The Morgan fingerprint density at radius 2 is 1.96 bits per heavy atom. The van der Waals surface area contributed by atoms with E-state index >= 15 is 0 Å². The third-order valence-electron chi connectivity index (χ3n) is 3.70. The van der Waals surface area contributed by atoms with Crippen molar-refractivity contribution >= 4 is 29.9 Å².